The number of hydrogen-bond donors (Lipinski definition) is 1. The molecule has 0 aliphatic carbocycles. The lowest BCUT2D eigenvalue weighted by Crippen LogP contribution is -2.05. The Hall–Kier alpha value is -2.06. The Morgan fingerprint density at radius 1 is 1.47 bits per heavy atom. The Labute approximate surface area is 113 Å². The second-order valence-electron chi connectivity index (χ2n) is 3.97. The molecule has 7 nitrogen and oxygen atoms in total. The summed E-state index contributed by atoms with van der Waals surface area (Å²) in [5.74, 6) is 1.12. The van der Waals surface area contributed by atoms with E-state index >= 15 is 0 Å². The van der Waals surface area contributed by atoms with Crippen LogP contribution in [0.3, 0.4) is 0 Å². The number of nitrogens with zero attached hydrogens (tertiary/aromatic N) is 5. The third-order valence-electron chi connectivity index (χ3n) is 2.48. The molecule has 0 atom stereocenters. The van der Waals surface area contributed by atoms with Crippen molar-refractivity contribution < 1.29 is 4.52 Å². The molecule has 0 aromatic carbocycles. The molecule has 0 saturated carbocycles. The zero-order valence-corrected chi connectivity index (χ0v) is 11.1. The van der Waals surface area contributed by atoms with Crippen molar-refractivity contribution >= 4 is 11.3 Å². The summed E-state index contributed by atoms with van der Waals surface area (Å²) in [5, 5.41) is 18.9. The van der Waals surface area contributed by atoms with Gasteiger partial charge in [0, 0.05) is 11.9 Å². The molecule has 3 aromatic rings. The molecular weight excluding hydrogens is 264 g/mol. The molecule has 1 N–H and O–H groups in total. The van der Waals surface area contributed by atoms with Gasteiger partial charge in [0.2, 0.25) is 0 Å². The molecule has 8 heteroatoms. The first-order valence-corrected chi connectivity index (χ1v) is 6.68. The Kier molecular flexibility index (Phi) is 3.34. The highest BCUT2D eigenvalue weighted by Crippen LogP contribution is 2.19. The van der Waals surface area contributed by atoms with E-state index in [0.29, 0.717) is 24.8 Å². The molecule has 3 rings (SSSR count). The molecule has 3 heterocycles. The van der Waals surface area contributed by atoms with E-state index in [9.17, 15) is 0 Å². The standard InChI is InChI=1S/C11H12N6OS/c1-12-4-9-5-17(16-14-9)6-10-13-11(18-15-10)8-2-3-19-7-8/h2-3,5,7,12H,4,6H2,1H3. The Morgan fingerprint density at radius 3 is 3.21 bits per heavy atom. The van der Waals surface area contributed by atoms with E-state index in [1.165, 1.54) is 0 Å². The van der Waals surface area contributed by atoms with Crippen LogP contribution in [0, 0.1) is 0 Å². The molecule has 98 valence electrons. The van der Waals surface area contributed by atoms with Crippen molar-refractivity contribution in [3.8, 4) is 11.5 Å². The predicted molar refractivity (Wildman–Crippen MR) is 69.5 cm³/mol. The molecule has 0 radical (unpaired) electrons. The van der Waals surface area contributed by atoms with E-state index < -0.39 is 0 Å². The number of hydrogen-bond acceptors (Lipinski definition) is 7. The molecule has 0 fully saturated rings. The van der Waals surface area contributed by atoms with Gasteiger partial charge in [-0.1, -0.05) is 10.4 Å². The van der Waals surface area contributed by atoms with Crippen LogP contribution in [0.1, 0.15) is 11.5 Å². The highest BCUT2D eigenvalue weighted by molar-refractivity contribution is 7.08. The second-order valence-corrected chi connectivity index (χ2v) is 4.75. The van der Waals surface area contributed by atoms with Gasteiger partial charge in [0.15, 0.2) is 5.82 Å². The maximum atomic E-state index is 5.21. The van der Waals surface area contributed by atoms with Gasteiger partial charge in [0.05, 0.1) is 17.5 Å². The number of aromatic nitrogens is 5. The Bertz CT molecular complexity index is 644. The van der Waals surface area contributed by atoms with Crippen LogP contribution < -0.4 is 5.32 Å². The summed E-state index contributed by atoms with van der Waals surface area (Å²) in [4.78, 5) is 4.33. The molecule has 0 bridgehead atoms. The van der Waals surface area contributed by atoms with E-state index in [2.05, 4.69) is 25.8 Å². The quantitative estimate of drug-likeness (QED) is 0.753. The molecular formula is C11H12N6OS. The molecule has 0 saturated heterocycles. The van der Waals surface area contributed by atoms with Crippen molar-refractivity contribution in [2.75, 3.05) is 7.05 Å². The lowest BCUT2D eigenvalue weighted by Gasteiger charge is -1.92. The average Bonchev–Trinajstić information content (AvgIpc) is 3.10. The zero-order chi connectivity index (χ0) is 13.1. The fourth-order valence-electron chi connectivity index (χ4n) is 1.64. The summed E-state index contributed by atoms with van der Waals surface area (Å²) in [6.07, 6.45) is 1.86. The third kappa shape index (κ3) is 2.69. The van der Waals surface area contributed by atoms with Crippen LogP contribution >= 0.6 is 11.3 Å². The van der Waals surface area contributed by atoms with Gasteiger partial charge in [0.1, 0.15) is 6.54 Å². The molecule has 0 aliphatic heterocycles. The summed E-state index contributed by atoms with van der Waals surface area (Å²) < 4.78 is 6.90. The minimum absolute atomic E-state index is 0.449. The van der Waals surface area contributed by atoms with Crippen molar-refractivity contribution in [2.45, 2.75) is 13.1 Å². The zero-order valence-electron chi connectivity index (χ0n) is 10.3. The molecule has 0 unspecified atom stereocenters. The number of rotatable bonds is 5. The van der Waals surface area contributed by atoms with E-state index in [-0.39, 0.29) is 0 Å². The van der Waals surface area contributed by atoms with Gasteiger partial charge in [-0.05, 0) is 18.5 Å². The predicted octanol–water partition coefficient (Wildman–Crippen LogP) is 1.16. The largest absolute Gasteiger partial charge is 0.334 e. The summed E-state index contributed by atoms with van der Waals surface area (Å²) >= 11 is 1.59. The van der Waals surface area contributed by atoms with Crippen LogP contribution in [0.4, 0.5) is 0 Å². The molecule has 19 heavy (non-hydrogen) atoms. The summed E-state index contributed by atoms with van der Waals surface area (Å²) in [5.41, 5.74) is 1.82. The average molecular weight is 276 g/mol. The second kappa shape index (κ2) is 5.29. The molecule has 0 amide bonds. The SMILES string of the molecule is CNCc1cn(Cc2noc(-c3ccsc3)n2)nn1. The van der Waals surface area contributed by atoms with Crippen LogP contribution in [-0.2, 0) is 13.1 Å². The van der Waals surface area contributed by atoms with Crippen LogP contribution in [0.5, 0.6) is 0 Å². The first-order valence-electron chi connectivity index (χ1n) is 5.74. The molecule has 0 spiro atoms. The third-order valence-corrected chi connectivity index (χ3v) is 3.17. The van der Waals surface area contributed by atoms with Gasteiger partial charge in [-0.15, -0.1) is 5.10 Å². The summed E-state index contributed by atoms with van der Waals surface area (Å²) in [6, 6.07) is 1.95. The lowest BCUT2D eigenvalue weighted by molar-refractivity contribution is 0.418. The van der Waals surface area contributed by atoms with Gasteiger partial charge < -0.3 is 9.84 Å². The van der Waals surface area contributed by atoms with E-state index in [1.807, 2.05) is 30.1 Å². The normalized spacial score (nSPS) is 11.0. The Morgan fingerprint density at radius 2 is 2.42 bits per heavy atom. The smallest absolute Gasteiger partial charge is 0.258 e. The fraction of sp³-hybridized carbons (Fsp3) is 0.273. The highest BCUT2D eigenvalue weighted by Gasteiger charge is 2.10. The van der Waals surface area contributed by atoms with E-state index in [0.717, 1.165) is 11.3 Å². The van der Waals surface area contributed by atoms with Gasteiger partial charge in [-0.2, -0.15) is 16.3 Å². The van der Waals surface area contributed by atoms with Gasteiger partial charge in [0.25, 0.3) is 5.89 Å². The van der Waals surface area contributed by atoms with Crippen molar-refractivity contribution in [1.29, 1.82) is 0 Å². The minimum atomic E-state index is 0.449. The number of thiophene rings is 1. The summed E-state index contributed by atoms with van der Waals surface area (Å²) in [6.45, 7) is 1.14. The van der Waals surface area contributed by atoms with Crippen LogP contribution in [0.2, 0.25) is 0 Å². The monoisotopic (exact) mass is 276 g/mol. The van der Waals surface area contributed by atoms with Crippen LogP contribution in [0.25, 0.3) is 11.5 Å². The Balaban J connectivity index is 1.72. The van der Waals surface area contributed by atoms with Crippen molar-refractivity contribution in [2.24, 2.45) is 0 Å². The van der Waals surface area contributed by atoms with Crippen LogP contribution in [-0.4, -0.2) is 32.2 Å². The first kappa shape index (κ1) is 12.0. The number of nitrogens with one attached hydrogen (secondary N) is 1. The maximum Gasteiger partial charge on any atom is 0.258 e. The maximum absolute atomic E-state index is 5.21. The molecule has 0 aliphatic rings. The summed E-state index contributed by atoms with van der Waals surface area (Å²) in [7, 11) is 1.87. The van der Waals surface area contributed by atoms with Gasteiger partial charge in [-0.25, -0.2) is 4.68 Å². The van der Waals surface area contributed by atoms with Crippen molar-refractivity contribution in [1.82, 2.24) is 30.5 Å². The van der Waals surface area contributed by atoms with Gasteiger partial charge >= 0.3 is 0 Å². The van der Waals surface area contributed by atoms with Gasteiger partial charge in [-0.3, -0.25) is 0 Å². The van der Waals surface area contributed by atoms with E-state index in [4.69, 9.17) is 4.52 Å². The molecule has 3 aromatic heterocycles. The van der Waals surface area contributed by atoms with E-state index in [1.54, 1.807) is 16.0 Å². The van der Waals surface area contributed by atoms with Crippen molar-refractivity contribution in [3.63, 3.8) is 0 Å². The van der Waals surface area contributed by atoms with Crippen LogP contribution in [0.15, 0.2) is 27.5 Å². The van der Waals surface area contributed by atoms with Crippen molar-refractivity contribution in [3.05, 3.63) is 34.5 Å². The first-order chi connectivity index (χ1) is 9.35. The topological polar surface area (TPSA) is 81.7 Å². The highest BCUT2D eigenvalue weighted by atomic mass is 32.1. The fourth-order valence-corrected chi connectivity index (χ4v) is 2.27. The minimum Gasteiger partial charge on any atom is -0.334 e. The lowest BCUT2D eigenvalue weighted by atomic mass is 10.3.